The lowest BCUT2D eigenvalue weighted by Crippen LogP contribution is -2.26. The number of nitrogens with zero attached hydrogens (tertiary/aromatic N) is 2. The van der Waals surface area contributed by atoms with Crippen molar-refractivity contribution in [2.75, 3.05) is 14.2 Å². The summed E-state index contributed by atoms with van der Waals surface area (Å²) in [5.74, 6) is 0. The third-order valence-electron chi connectivity index (χ3n) is 4.36. The van der Waals surface area contributed by atoms with Crippen LogP contribution >= 0.6 is 7.60 Å². The zero-order chi connectivity index (χ0) is 19.8. The van der Waals surface area contributed by atoms with Gasteiger partial charge in [0.2, 0.25) is 0 Å². The van der Waals surface area contributed by atoms with Crippen molar-refractivity contribution in [2.45, 2.75) is 12.1 Å². The van der Waals surface area contributed by atoms with Gasteiger partial charge in [0.1, 0.15) is 5.66 Å². The Labute approximate surface area is 160 Å². The van der Waals surface area contributed by atoms with Crippen molar-refractivity contribution in [3.05, 3.63) is 77.9 Å². The first-order chi connectivity index (χ1) is 13.0. The lowest BCUT2D eigenvalue weighted by molar-refractivity contribution is 0.250. The van der Waals surface area contributed by atoms with Crippen LogP contribution in [0, 0.1) is 28.1 Å². The van der Waals surface area contributed by atoms with Gasteiger partial charge in [0.15, 0.2) is 5.41 Å². The second kappa shape index (κ2) is 9.31. The van der Waals surface area contributed by atoms with Gasteiger partial charge in [-0.1, -0.05) is 72.8 Å². The van der Waals surface area contributed by atoms with Crippen molar-refractivity contribution in [3.8, 4) is 12.1 Å². The second-order valence-electron chi connectivity index (χ2n) is 5.93. The molecule has 0 radical (unpaired) electrons. The minimum absolute atomic E-state index is 0.0746. The van der Waals surface area contributed by atoms with E-state index in [9.17, 15) is 15.1 Å². The van der Waals surface area contributed by atoms with E-state index < -0.39 is 18.7 Å². The van der Waals surface area contributed by atoms with Crippen molar-refractivity contribution in [1.82, 2.24) is 0 Å². The van der Waals surface area contributed by atoms with E-state index in [1.54, 1.807) is 36.4 Å². The molecule has 0 saturated heterocycles. The summed E-state index contributed by atoms with van der Waals surface area (Å²) in [6.07, 6.45) is 3.65. The Morgan fingerprint density at radius 2 is 1.52 bits per heavy atom. The van der Waals surface area contributed by atoms with Crippen LogP contribution in [0.3, 0.4) is 0 Å². The number of rotatable bonds is 8. The van der Waals surface area contributed by atoms with Crippen molar-refractivity contribution < 1.29 is 13.6 Å². The summed E-state index contributed by atoms with van der Waals surface area (Å²) in [6.45, 7) is 0. The topological polar surface area (TPSA) is 83.1 Å². The number of allylic oxidation sites excluding steroid dienone is 1. The molecule has 0 amide bonds. The molecule has 0 heterocycles. The van der Waals surface area contributed by atoms with Gasteiger partial charge in [-0.15, -0.1) is 0 Å². The smallest absolute Gasteiger partial charge is 0.311 e. The fraction of sp³-hybridized carbons (Fsp3) is 0.238. The van der Waals surface area contributed by atoms with Gasteiger partial charge in [-0.3, -0.25) is 4.57 Å². The highest BCUT2D eigenvalue weighted by atomic mass is 31.2. The molecular weight excluding hydrogens is 359 g/mol. The van der Waals surface area contributed by atoms with Crippen LogP contribution in [-0.2, 0) is 13.6 Å². The Bertz CT molecular complexity index is 877. The quantitative estimate of drug-likeness (QED) is 0.576. The second-order valence-corrected chi connectivity index (χ2v) is 8.26. The van der Waals surface area contributed by atoms with E-state index in [1.807, 2.05) is 36.4 Å². The van der Waals surface area contributed by atoms with Crippen molar-refractivity contribution in [3.63, 3.8) is 0 Å². The molecule has 1 unspecified atom stereocenters. The van der Waals surface area contributed by atoms with E-state index >= 15 is 0 Å². The van der Waals surface area contributed by atoms with Crippen molar-refractivity contribution >= 4 is 13.7 Å². The monoisotopic (exact) mass is 380 g/mol. The van der Waals surface area contributed by atoms with E-state index in [-0.39, 0.29) is 6.42 Å². The number of benzene rings is 2. The number of hydrogen-bond acceptors (Lipinski definition) is 5. The molecule has 6 heteroatoms. The van der Waals surface area contributed by atoms with E-state index in [0.717, 1.165) is 5.56 Å². The standard InChI is InChI=1S/C21H21N2O3P/c1-25-27(24,26-2)20(19-13-7-4-8-14-19)21(16-22,17-23)15-9-12-18-10-5-3-6-11-18/h3-14,20H,15H2,1-2H3/b12-9+. The fourth-order valence-electron chi connectivity index (χ4n) is 2.95. The first-order valence-electron chi connectivity index (χ1n) is 8.35. The van der Waals surface area contributed by atoms with Gasteiger partial charge in [-0.2, -0.15) is 10.5 Å². The molecule has 2 aromatic carbocycles. The lowest BCUT2D eigenvalue weighted by atomic mass is 9.80. The number of nitriles is 2. The molecule has 0 aromatic heterocycles. The molecule has 0 aliphatic heterocycles. The van der Waals surface area contributed by atoms with Crippen LogP contribution in [0.25, 0.3) is 6.08 Å². The maximum absolute atomic E-state index is 13.3. The Balaban J connectivity index is 2.50. The van der Waals surface area contributed by atoms with E-state index in [2.05, 4.69) is 12.1 Å². The minimum atomic E-state index is -3.76. The van der Waals surface area contributed by atoms with Crippen LogP contribution in [0.4, 0.5) is 0 Å². The summed E-state index contributed by atoms with van der Waals surface area (Å²) in [6, 6.07) is 22.5. The highest BCUT2D eigenvalue weighted by Crippen LogP contribution is 2.67. The lowest BCUT2D eigenvalue weighted by Gasteiger charge is -2.32. The van der Waals surface area contributed by atoms with Gasteiger partial charge in [-0.05, 0) is 17.5 Å². The molecule has 0 fully saturated rings. The Hall–Kier alpha value is -2.69. The Morgan fingerprint density at radius 3 is 2.00 bits per heavy atom. The third kappa shape index (κ3) is 4.54. The highest BCUT2D eigenvalue weighted by Gasteiger charge is 2.52. The van der Waals surface area contributed by atoms with Gasteiger partial charge >= 0.3 is 7.60 Å². The van der Waals surface area contributed by atoms with Gasteiger partial charge in [-0.25, -0.2) is 0 Å². The largest absolute Gasteiger partial charge is 0.340 e. The molecular formula is C21H21N2O3P. The summed E-state index contributed by atoms with van der Waals surface area (Å²) in [7, 11) is -1.23. The average molecular weight is 380 g/mol. The van der Waals surface area contributed by atoms with Crippen molar-refractivity contribution in [2.24, 2.45) is 5.41 Å². The predicted molar refractivity (Wildman–Crippen MR) is 105 cm³/mol. The van der Waals surface area contributed by atoms with E-state index in [1.165, 1.54) is 14.2 Å². The molecule has 0 saturated carbocycles. The van der Waals surface area contributed by atoms with Crippen molar-refractivity contribution in [1.29, 1.82) is 10.5 Å². The van der Waals surface area contributed by atoms with Gasteiger partial charge in [0.05, 0.1) is 12.1 Å². The molecule has 5 nitrogen and oxygen atoms in total. The zero-order valence-electron chi connectivity index (χ0n) is 15.3. The summed E-state index contributed by atoms with van der Waals surface area (Å²) in [5, 5.41) is 19.8. The molecule has 1 atom stereocenters. The van der Waals surface area contributed by atoms with Crippen LogP contribution in [0.15, 0.2) is 66.7 Å². The van der Waals surface area contributed by atoms with Gasteiger partial charge < -0.3 is 9.05 Å². The third-order valence-corrected chi connectivity index (χ3v) is 6.75. The van der Waals surface area contributed by atoms with E-state index in [4.69, 9.17) is 9.05 Å². The normalized spacial score (nSPS) is 13.0. The first-order valence-corrected chi connectivity index (χ1v) is 9.96. The van der Waals surface area contributed by atoms with Gasteiger partial charge in [0, 0.05) is 14.2 Å². The maximum Gasteiger partial charge on any atom is 0.340 e. The summed E-state index contributed by atoms with van der Waals surface area (Å²) in [5.41, 5.74) is -1.16. The molecule has 2 rings (SSSR count). The highest BCUT2D eigenvalue weighted by molar-refractivity contribution is 7.54. The van der Waals surface area contributed by atoms with E-state index in [0.29, 0.717) is 5.56 Å². The predicted octanol–water partition coefficient (Wildman–Crippen LogP) is 5.35. The molecule has 0 spiro atoms. The van der Waals surface area contributed by atoms with Crippen LogP contribution in [0.2, 0.25) is 0 Å². The SMILES string of the molecule is COP(=O)(OC)C(c1ccccc1)C(C#N)(C#N)C/C=C/c1ccccc1. The molecule has 2 aromatic rings. The van der Waals surface area contributed by atoms with Crippen LogP contribution in [0.5, 0.6) is 0 Å². The molecule has 27 heavy (non-hydrogen) atoms. The van der Waals surface area contributed by atoms with Crippen LogP contribution in [-0.4, -0.2) is 14.2 Å². The zero-order valence-corrected chi connectivity index (χ0v) is 16.2. The average Bonchev–Trinajstić information content (AvgIpc) is 2.74. The molecule has 0 aliphatic rings. The molecule has 0 N–H and O–H groups in total. The summed E-state index contributed by atoms with van der Waals surface area (Å²) < 4.78 is 23.6. The summed E-state index contributed by atoms with van der Waals surface area (Å²) in [4.78, 5) is 0. The Kier molecular flexibility index (Phi) is 7.11. The minimum Gasteiger partial charge on any atom is -0.311 e. The van der Waals surface area contributed by atoms with Crippen LogP contribution in [0.1, 0.15) is 23.2 Å². The first kappa shape index (κ1) is 20.6. The summed E-state index contributed by atoms with van der Waals surface area (Å²) >= 11 is 0. The molecule has 0 bridgehead atoms. The Morgan fingerprint density at radius 1 is 1.00 bits per heavy atom. The maximum atomic E-state index is 13.3. The fourth-order valence-corrected chi connectivity index (χ4v) is 4.82. The number of hydrogen-bond donors (Lipinski definition) is 0. The van der Waals surface area contributed by atoms with Gasteiger partial charge in [0.25, 0.3) is 0 Å². The molecule has 0 aliphatic carbocycles. The molecule has 138 valence electrons. The van der Waals surface area contributed by atoms with Crippen LogP contribution < -0.4 is 0 Å².